The molecule has 4 fully saturated rings. The Hall–Kier alpha value is -0.610. The first-order valence-corrected chi connectivity index (χ1v) is 13.2. The van der Waals surface area contributed by atoms with Gasteiger partial charge in [-0.15, -0.1) is 0 Å². The van der Waals surface area contributed by atoms with Crippen LogP contribution in [0.3, 0.4) is 0 Å². The van der Waals surface area contributed by atoms with Gasteiger partial charge in [0.05, 0.1) is 18.1 Å². The van der Waals surface area contributed by atoms with Gasteiger partial charge < -0.3 is 15.3 Å². The molecule has 0 heterocycles. The molecule has 0 radical (unpaired) electrons. The lowest BCUT2D eigenvalue weighted by atomic mass is 9.43. The van der Waals surface area contributed by atoms with E-state index in [1.807, 2.05) is 6.92 Å². The minimum Gasteiger partial charge on any atom is -0.481 e. The van der Waals surface area contributed by atoms with Crippen LogP contribution < -0.4 is 0 Å². The molecule has 31 heavy (non-hydrogen) atoms. The van der Waals surface area contributed by atoms with Gasteiger partial charge in [-0.25, -0.2) is 0 Å². The fourth-order valence-corrected chi connectivity index (χ4v) is 9.25. The number of aliphatic carboxylic acids is 1. The lowest BCUT2D eigenvalue weighted by molar-refractivity contribution is -0.174. The van der Waals surface area contributed by atoms with E-state index in [0.717, 1.165) is 44.9 Å². The van der Waals surface area contributed by atoms with Crippen LogP contribution in [0.4, 0.5) is 0 Å². The number of carbonyl (C=O) groups is 1. The number of rotatable bonds is 6. The Morgan fingerprint density at radius 3 is 2.32 bits per heavy atom. The lowest BCUT2D eigenvalue weighted by Gasteiger charge is -2.62. The number of aliphatic hydroxyl groups is 2. The molecular formula is C27H46O4. The number of hydrogen-bond donors (Lipinski definition) is 3. The molecule has 4 aliphatic rings. The number of carboxylic acids is 1. The van der Waals surface area contributed by atoms with E-state index >= 15 is 0 Å². The Balaban J connectivity index is 1.46. The lowest BCUT2D eigenvalue weighted by Crippen LogP contribution is -2.58. The number of aliphatic hydroxyl groups excluding tert-OH is 2. The fourth-order valence-electron chi connectivity index (χ4n) is 9.25. The normalized spacial score (nSPS) is 48.9. The Kier molecular flexibility index (Phi) is 6.55. The number of hydrogen-bond acceptors (Lipinski definition) is 3. The molecule has 0 aliphatic heterocycles. The molecule has 11 atom stereocenters. The average molecular weight is 435 g/mol. The van der Waals surface area contributed by atoms with Crippen molar-refractivity contribution < 1.29 is 20.1 Å². The third kappa shape index (κ3) is 3.98. The molecule has 0 aromatic rings. The first-order valence-electron chi connectivity index (χ1n) is 13.2. The van der Waals surface area contributed by atoms with E-state index in [1.54, 1.807) is 0 Å². The number of fused-ring (bicyclic) bond motifs is 5. The second kappa shape index (κ2) is 8.63. The topological polar surface area (TPSA) is 77.8 Å². The molecule has 4 aliphatic carbocycles. The van der Waals surface area contributed by atoms with E-state index in [1.165, 1.54) is 25.7 Å². The van der Waals surface area contributed by atoms with Crippen molar-refractivity contribution in [3.63, 3.8) is 0 Å². The van der Waals surface area contributed by atoms with Gasteiger partial charge in [0.1, 0.15) is 0 Å². The predicted octanol–water partition coefficient (Wildman–Crippen LogP) is 5.50. The van der Waals surface area contributed by atoms with Gasteiger partial charge in [-0.3, -0.25) is 4.79 Å². The van der Waals surface area contributed by atoms with Crippen molar-refractivity contribution in [1.82, 2.24) is 0 Å². The second-order valence-corrected chi connectivity index (χ2v) is 12.6. The van der Waals surface area contributed by atoms with E-state index in [9.17, 15) is 15.0 Å². The molecule has 4 rings (SSSR count). The standard InChI is InChI=1S/C27H46O4/c1-16(6-5-7-17(2)25(30)31)20-8-9-21-24-22(11-13-27(20,21)4)26(3)12-10-19(28)14-18(26)15-23(24)29/h16-24,28-29H,5-15H2,1-4H3,(H,30,31)/t16-,17?,18+,19-,20?,21?,22?,23?,24?,26+,27-/m1/s1. The van der Waals surface area contributed by atoms with Gasteiger partial charge in [-0.1, -0.05) is 40.5 Å². The zero-order valence-electron chi connectivity index (χ0n) is 20.2. The highest BCUT2D eigenvalue weighted by Gasteiger charge is 2.62. The van der Waals surface area contributed by atoms with Crippen molar-refractivity contribution in [3.05, 3.63) is 0 Å². The van der Waals surface area contributed by atoms with E-state index in [2.05, 4.69) is 20.8 Å². The minimum absolute atomic E-state index is 0.170. The summed E-state index contributed by atoms with van der Waals surface area (Å²) in [6.45, 7) is 9.22. The van der Waals surface area contributed by atoms with Crippen molar-refractivity contribution in [1.29, 1.82) is 0 Å². The minimum atomic E-state index is -0.674. The van der Waals surface area contributed by atoms with Gasteiger partial charge >= 0.3 is 5.97 Å². The summed E-state index contributed by atoms with van der Waals surface area (Å²) in [7, 11) is 0. The van der Waals surface area contributed by atoms with E-state index in [-0.39, 0.29) is 18.1 Å². The molecule has 6 unspecified atom stereocenters. The van der Waals surface area contributed by atoms with Crippen molar-refractivity contribution >= 4 is 5.97 Å². The van der Waals surface area contributed by atoms with Crippen LogP contribution in [-0.4, -0.2) is 33.5 Å². The zero-order valence-corrected chi connectivity index (χ0v) is 20.2. The van der Waals surface area contributed by atoms with Crippen LogP contribution >= 0.6 is 0 Å². The van der Waals surface area contributed by atoms with Crippen LogP contribution in [0.2, 0.25) is 0 Å². The third-order valence-electron chi connectivity index (χ3n) is 11.1. The van der Waals surface area contributed by atoms with Crippen molar-refractivity contribution in [2.45, 2.75) is 111 Å². The van der Waals surface area contributed by atoms with Crippen LogP contribution in [-0.2, 0) is 4.79 Å². The first kappa shape index (κ1) is 23.5. The molecule has 4 nitrogen and oxygen atoms in total. The van der Waals surface area contributed by atoms with Gasteiger partial charge in [0, 0.05) is 0 Å². The highest BCUT2D eigenvalue weighted by Crippen LogP contribution is 2.68. The predicted molar refractivity (Wildman–Crippen MR) is 122 cm³/mol. The summed E-state index contributed by atoms with van der Waals surface area (Å²) < 4.78 is 0. The van der Waals surface area contributed by atoms with E-state index < -0.39 is 5.97 Å². The summed E-state index contributed by atoms with van der Waals surface area (Å²) in [6, 6.07) is 0. The molecule has 4 heteroatoms. The van der Waals surface area contributed by atoms with Crippen molar-refractivity contribution in [3.8, 4) is 0 Å². The van der Waals surface area contributed by atoms with Crippen molar-refractivity contribution in [2.24, 2.45) is 52.3 Å². The van der Waals surface area contributed by atoms with Crippen LogP contribution in [0.1, 0.15) is 98.3 Å². The summed E-state index contributed by atoms with van der Waals surface area (Å²) in [5, 5.41) is 30.8. The molecule has 4 saturated carbocycles. The summed E-state index contributed by atoms with van der Waals surface area (Å²) in [5.41, 5.74) is 0.610. The van der Waals surface area contributed by atoms with Gasteiger partial charge in [0.15, 0.2) is 0 Å². The van der Waals surface area contributed by atoms with Gasteiger partial charge in [0.2, 0.25) is 0 Å². The Labute approximate surface area is 189 Å². The quantitative estimate of drug-likeness (QED) is 0.515. The van der Waals surface area contributed by atoms with Gasteiger partial charge in [0.25, 0.3) is 0 Å². The highest BCUT2D eigenvalue weighted by atomic mass is 16.4. The third-order valence-corrected chi connectivity index (χ3v) is 11.1. The van der Waals surface area contributed by atoms with Crippen LogP contribution in [0, 0.1) is 52.3 Å². The van der Waals surface area contributed by atoms with Crippen LogP contribution in [0.25, 0.3) is 0 Å². The maximum absolute atomic E-state index is 11.3. The molecule has 0 amide bonds. The van der Waals surface area contributed by atoms with Crippen LogP contribution in [0.15, 0.2) is 0 Å². The van der Waals surface area contributed by atoms with Gasteiger partial charge in [-0.05, 0) is 104 Å². The molecule has 0 saturated heterocycles. The maximum Gasteiger partial charge on any atom is 0.306 e. The average Bonchev–Trinajstić information content (AvgIpc) is 3.06. The zero-order chi connectivity index (χ0) is 22.6. The summed E-state index contributed by atoms with van der Waals surface area (Å²) in [4.78, 5) is 11.1. The van der Waals surface area contributed by atoms with Crippen LogP contribution in [0.5, 0.6) is 0 Å². The second-order valence-electron chi connectivity index (χ2n) is 12.6. The number of carboxylic acid groups (broad SMARTS) is 1. The molecule has 0 aromatic heterocycles. The summed E-state index contributed by atoms with van der Waals surface area (Å²) >= 11 is 0. The van der Waals surface area contributed by atoms with Gasteiger partial charge in [-0.2, -0.15) is 0 Å². The molecule has 0 spiro atoms. The maximum atomic E-state index is 11.3. The molecule has 178 valence electrons. The fraction of sp³-hybridized carbons (Fsp3) is 0.963. The van der Waals surface area contributed by atoms with Crippen molar-refractivity contribution in [2.75, 3.05) is 0 Å². The monoisotopic (exact) mass is 434 g/mol. The van der Waals surface area contributed by atoms with E-state index in [4.69, 9.17) is 5.11 Å². The molecule has 0 bridgehead atoms. The largest absolute Gasteiger partial charge is 0.481 e. The Morgan fingerprint density at radius 2 is 1.61 bits per heavy atom. The summed E-state index contributed by atoms with van der Waals surface area (Å²) in [6.07, 6.45) is 11.4. The SMILES string of the molecule is CC(CCC[C@@H](C)C1CCC2C3C(O)C[C@@H]4C[C@H](O)CC[C@]4(C)C3CC[C@@]21C)C(=O)O. The molecule has 3 N–H and O–H groups in total. The molecule has 0 aromatic carbocycles. The summed E-state index contributed by atoms with van der Waals surface area (Å²) in [5.74, 6) is 2.55. The molecular weight excluding hydrogens is 388 g/mol. The highest BCUT2D eigenvalue weighted by molar-refractivity contribution is 5.69. The smallest absolute Gasteiger partial charge is 0.306 e. The Morgan fingerprint density at radius 1 is 0.935 bits per heavy atom. The first-order chi connectivity index (χ1) is 14.6. The Bertz CT molecular complexity index is 664. The van der Waals surface area contributed by atoms with E-state index in [0.29, 0.717) is 46.3 Å².